The summed E-state index contributed by atoms with van der Waals surface area (Å²) in [6.45, 7) is 6.26. The van der Waals surface area contributed by atoms with E-state index in [4.69, 9.17) is 0 Å². The summed E-state index contributed by atoms with van der Waals surface area (Å²) in [4.78, 5) is 6.68. The maximum Gasteiger partial charge on any atom is 0.213 e. The van der Waals surface area contributed by atoms with E-state index in [0.29, 0.717) is 19.5 Å². The van der Waals surface area contributed by atoms with Crippen LogP contribution >= 0.6 is 15.9 Å². The van der Waals surface area contributed by atoms with E-state index >= 15 is 0 Å². The normalized spacial score (nSPS) is 12.7. The largest absolute Gasteiger partial charge is 0.357 e. The standard InChI is InChI=1S/C16H30BrN5O2S/c1-6-18-16(19-9-8-10-22(5)25(23,24)7-2)21(4)13-15-11-14(17)12-20(15)3/h11-12H,6-10,13H2,1-5H3,(H,18,19). The first kappa shape index (κ1) is 22.0. The summed E-state index contributed by atoms with van der Waals surface area (Å²) >= 11 is 3.49. The van der Waals surface area contributed by atoms with Gasteiger partial charge in [-0.1, -0.05) is 0 Å². The highest BCUT2D eigenvalue weighted by Crippen LogP contribution is 2.15. The molecule has 0 radical (unpaired) electrons. The quantitative estimate of drug-likeness (QED) is 0.365. The van der Waals surface area contributed by atoms with E-state index in [1.807, 2.05) is 27.2 Å². The van der Waals surface area contributed by atoms with Crippen molar-refractivity contribution in [3.63, 3.8) is 0 Å². The summed E-state index contributed by atoms with van der Waals surface area (Å²) < 4.78 is 28.0. The second-order valence-electron chi connectivity index (χ2n) is 5.93. The van der Waals surface area contributed by atoms with Gasteiger partial charge in [0.15, 0.2) is 5.96 Å². The van der Waals surface area contributed by atoms with Crippen molar-refractivity contribution in [3.05, 3.63) is 22.4 Å². The van der Waals surface area contributed by atoms with Crippen molar-refractivity contribution in [3.8, 4) is 0 Å². The Hall–Kier alpha value is -1.06. The number of halogens is 1. The van der Waals surface area contributed by atoms with Crippen LogP contribution < -0.4 is 5.32 Å². The summed E-state index contributed by atoms with van der Waals surface area (Å²) in [7, 11) is 2.51. The number of rotatable bonds is 9. The second kappa shape index (κ2) is 10.2. The number of sulfonamides is 1. The molecule has 0 spiro atoms. The van der Waals surface area contributed by atoms with Crippen molar-refractivity contribution in [1.82, 2.24) is 19.1 Å². The van der Waals surface area contributed by atoms with E-state index in [1.54, 1.807) is 14.0 Å². The van der Waals surface area contributed by atoms with Gasteiger partial charge in [0.2, 0.25) is 10.0 Å². The Labute approximate surface area is 160 Å². The molecule has 1 N–H and O–H groups in total. The van der Waals surface area contributed by atoms with Crippen LogP contribution in [0.4, 0.5) is 0 Å². The summed E-state index contributed by atoms with van der Waals surface area (Å²) in [5.41, 5.74) is 1.17. The molecular formula is C16H30BrN5O2S. The fourth-order valence-corrected chi connectivity index (χ4v) is 3.77. The number of guanidine groups is 1. The zero-order valence-electron chi connectivity index (χ0n) is 15.8. The third-order valence-electron chi connectivity index (χ3n) is 3.90. The van der Waals surface area contributed by atoms with Crippen LogP contribution in [0.2, 0.25) is 0 Å². The molecular weight excluding hydrogens is 406 g/mol. The van der Waals surface area contributed by atoms with E-state index in [-0.39, 0.29) is 5.75 Å². The van der Waals surface area contributed by atoms with Gasteiger partial charge in [0.1, 0.15) is 0 Å². The summed E-state index contributed by atoms with van der Waals surface area (Å²) in [5, 5.41) is 3.28. The molecule has 0 aromatic carbocycles. The Kier molecular flexibility index (Phi) is 8.95. The van der Waals surface area contributed by atoms with E-state index in [9.17, 15) is 8.42 Å². The number of hydrogen-bond acceptors (Lipinski definition) is 3. The Morgan fingerprint density at radius 1 is 1.36 bits per heavy atom. The van der Waals surface area contributed by atoms with Crippen molar-refractivity contribution in [2.75, 3.05) is 39.5 Å². The molecule has 0 amide bonds. The van der Waals surface area contributed by atoms with Crippen LogP contribution in [-0.4, -0.2) is 67.6 Å². The molecule has 1 heterocycles. The van der Waals surface area contributed by atoms with Gasteiger partial charge in [0.25, 0.3) is 0 Å². The molecule has 0 bridgehead atoms. The van der Waals surface area contributed by atoms with Crippen molar-refractivity contribution < 1.29 is 8.42 Å². The molecule has 0 aliphatic carbocycles. The van der Waals surface area contributed by atoms with Crippen LogP contribution in [0.5, 0.6) is 0 Å². The lowest BCUT2D eigenvalue weighted by atomic mass is 10.4. The Morgan fingerprint density at radius 2 is 2.04 bits per heavy atom. The molecule has 144 valence electrons. The highest BCUT2D eigenvalue weighted by Gasteiger charge is 2.14. The van der Waals surface area contributed by atoms with Crippen LogP contribution in [0, 0.1) is 0 Å². The fourth-order valence-electron chi connectivity index (χ4n) is 2.35. The van der Waals surface area contributed by atoms with E-state index in [0.717, 1.165) is 23.5 Å². The molecule has 7 nitrogen and oxygen atoms in total. The minimum atomic E-state index is -3.12. The molecule has 0 aliphatic heterocycles. The van der Waals surface area contributed by atoms with Gasteiger partial charge in [-0.05, 0) is 42.3 Å². The van der Waals surface area contributed by atoms with Crippen molar-refractivity contribution in [2.45, 2.75) is 26.8 Å². The fraction of sp³-hybridized carbons (Fsp3) is 0.688. The van der Waals surface area contributed by atoms with Gasteiger partial charge in [-0.3, -0.25) is 4.99 Å². The van der Waals surface area contributed by atoms with E-state index in [1.165, 1.54) is 10.00 Å². The zero-order valence-corrected chi connectivity index (χ0v) is 18.2. The van der Waals surface area contributed by atoms with Gasteiger partial charge in [-0.25, -0.2) is 12.7 Å². The lowest BCUT2D eigenvalue weighted by Gasteiger charge is -2.22. The van der Waals surface area contributed by atoms with Gasteiger partial charge < -0.3 is 14.8 Å². The van der Waals surface area contributed by atoms with Crippen molar-refractivity contribution in [1.29, 1.82) is 0 Å². The zero-order chi connectivity index (χ0) is 19.0. The predicted octanol–water partition coefficient (Wildman–Crippen LogP) is 1.86. The van der Waals surface area contributed by atoms with Gasteiger partial charge in [0, 0.05) is 57.1 Å². The molecule has 0 atom stereocenters. The second-order valence-corrected chi connectivity index (χ2v) is 9.21. The molecule has 1 rings (SSSR count). The topological polar surface area (TPSA) is 69.9 Å². The first-order valence-corrected chi connectivity index (χ1v) is 10.9. The van der Waals surface area contributed by atoms with E-state index < -0.39 is 10.0 Å². The Morgan fingerprint density at radius 3 is 2.56 bits per heavy atom. The van der Waals surface area contributed by atoms with Crippen molar-refractivity contribution in [2.24, 2.45) is 12.0 Å². The molecule has 0 saturated heterocycles. The minimum absolute atomic E-state index is 0.129. The van der Waals surface area contributed by atoms with Crippen LogP contribution in [0.15, 0.2) is 21.7 Å². The molecule has 1 aromatic rings. The van der Waals surface area contributed by atoms with Gasteiger partial charge in [-0.2, -0.15) is 0 Å². The molecule has 0 unspecified atom stereocenters. The average Bonchev–Trinajstić information content (AvgIpc) is 2.87. The molecule has 25 heavy (non-hydrogen) atoms. The number of hydrogen-bond donors (Lipinski definition) is 1. The van der Waals surface area contributed by atoms with E-state index in [2.05, 4.69) is 41.8 Å². The van der Waals surface area contributed by atoms with Crippen LogP contribution in [0.1, 0.15) is 26.0 Å². The molecule has 0 saturated carbocycles. The molecule has 9 heteroatoms. The maximum atomic E-state index is 11.7. The highest BCUT2D eigenvalue weighted by molar-refractivity contribution is 9.10. The maximum absolute atomic E-state index is 11.7. The third kappa shape index (κ3) is 6.99. The van der Waals surface area contributed by atoms with Gasteiger partial charge in [0.05, 0.1) is 12.3 Å². The number of aliphatic imine (C=N–C) groups is 1. The Bertz CT molecular complexity index is 672. The van der Waals surface area contributed by atoms with Gasteiger partial charge >= 0.3 is 0 Å². The van der Waals surface area contributed by atoms with Crippen LogP contribution in [-0.2, 0) is 23.6 Å². The monoisotopic (exact) mass is 435 g/mol. The number of aryl methyl sites for hydroxylation is 1. The minimum Gasteiger partial charge on any atom is -0.357 e. The molecule has 1 aromatic heterocycles. The number of aromatic nitrogens is 1. The number of nitrogens with one attached hydrogen (secondary N) is 1. The predicted molar refractivity (Wildman–Crippen MR) is 107 cm³/mol. The smallest absolute Gasteiger partial charge is 0.213 e. The van der Waals surface area contributed by atoms with Crippen LogP contribution in [0.3, 0.4) is 0 Å². The lowest BCUT2D eigenvalue weighted by molar-refractivity contribution is 0.453. The Balaban J connectivity index is 2.62. The molecule has 0 fully saturated rings. The van der Waals surface area contributed by atoms with Crippen molar-refractivity contribution >= 4 is 31.9 Å². The summed E-state index contributed by atoms with van der Waals surface area (Å²) in [6, 6.07) is 2.09. The van der Waals surface area contributed by atoms with Crippen LogP contribution in [0.25, 0.3) is 0 Å². The highest BCUT2D eigenvalue weighted by atomic mass is 79.9. The number of nitrogens with zero attached hydrogens (tertiary/aromatic N) is 4. The first-order chi connectivity index (χ1) is 11.7. The third-order valence-corrected chi connectivity index (χ3v) is 6.20. The summed E-state index contributed by atoms with van der Waals surface area (Å²) in [6.07, 6.45) is 2.71. The summed E-state index contributed by atoms with van der Waals surface area (Å²) in [5.74, 6) is 0.950. The lowest BCUT2D eigenvalue weighted by Crippen LogP contribution is -2.39. The first-order valence-electron chi connectivity index (χ1n) is 8.45. The average molecular weight is 436 g/mol. The molecule has 0 aliphatic rings. The van der Waals surface area contributed by atoms with Gasteiger partial charge in [-0.15, -0.1) is 0 Å². The SMILES string of the molecule is CCNC(=NCCCN(C)S(=O)(=O)CC)N(C)Cc1cc(Br)cn1C.